The highest BCUT2D eigenvalue weighted by molar-refractivity contribution is 6.11. The second kappa shape index (κ2) is 17.8. The lowest BCUT2D eigenvalue weighted by atomic mass is 9.93. The van der Waals surface area contributed by atoms with E-state index in [-0.39, 0.29) is 0 Å². The quantitative estimate of drug-likeness (QED) is 0.176. The number of benzene rings is 12. The number of hydrogen-bond acceptors (Lipinski definition) is 3. The molecule has 0 amide bonds. The van der Waals surface area contributed by atoms with Crippen LogP contribution in [-0.4, -0.2) is 4.57 Å². The second-order valence-electron chi connectivity index (χ2n) is 19.7. The fourth-order valence-corrected chi connectivity index (χ4v) is 11.7. The number of rotatable bonds is 4. The number of hydrogen-bond donors (Lipinski definition) is 0. The zero-order chi connectivity index (χ0) is 50.1. The first-order valence-electron chi connectivity index (χ1n) is 26.0. The van der Waals surface area contributed by atoms with Gasteiger partial charge in [0.15, 0.2) is 0 Å². The summed E-state index contributed by atoms with van der Waals surface area (Å²) in [5.74, 6) is 0. The maximum atomic E-state index is 6.44. The number of furan rings is 1. The maximum Gasteiger partial charge on any atom is 0.137 e. The standard InChI is InChI=1S/C72H47N3O/c1-2-12-54(13-3-1)75-69-20-10-8-18-65(69)68-46-53(32-45-70(68)75)48-22-33-55(34-23-48)73-56-35-24-49(25-36-56)61-14-4-6-16-63(61)51-28-39-58(40-29-51)74(60-43-44-67-66-19-9-11-21-71(66)76-72(67)47-60)59-41-30-52(31-42-59)64-17-7-5-15-62(64)50-26-37-57(73)38-27-50/h1-47H. The summed E-state index contributed by atoms with van der Waals surface area (Å²) >= 11 is 0. The highest BCUT2D eigenvalue weighted by Gasteiger charge is 2.20. The molecule has 356 valence electrons. The Hall–Kier alpha value is -10.2. The fraction of sp³-hybridized carbons (Fsp3) is 0. The minimum absolute atomic E-state index is 0.861. The Morgan fingerprint density at radius 1 is 0.211 bits per heavy atom. The van der Waals surface area contributed by atoms with E-state index in [4.69, 9.17) is 4.42 Å². The molecule has 4 nitrogen and oxygen atoms in total. The van der Waals surface area contributed by atoms with E-state index in [2.05, 4.69) is 287 Å². The summed E-state index contributed by atoms with van der Waals surface area (Å²) in [6.45, 7) is 0. The zero-order valence-electron chi connectivity index (χ0n) is 41.4. The summed E-state index contributed by atoms with van der Waals surface area (Å²) < 4.78 is 8.81. The Labute approximate surface area is 440 Å². The first kappa shape index (κ1) is 43.4. The van der Waals surface area contributed by atoms with E-state index in [1.165, 1.54) is 55.2 Å². The highest BCUT2D eigenvalue weighted by atomic mass is 16.3. The van der Waals surface area contributed by atoms with Crippen LogP contribution in [0.15, 0.2) is 290 Å². The van der Waals surface area contributed by atoms with Gasteiger partial charge in [-0.15, -0.1) is 0 Å². The molecule has 0 atom stereocenters. The van der Waals surface area contributed by atoms with Gasteiger partial charge in [-0.3, -0.25) is 0 Å². The van der Waals surface area contributed by atoms with Crippen molar-refractivity contribution < 1.29 is 4.42 Å². The van der Waals surface area contributed by atoms with Crippen molar-refractivity contribution in [2.45, 2.75) is 0 Å². The predicted molar refractivity (Wildman–Crippen MR) is 318 cm³/mol. The number of nitrogens with zero attached hydrogens (tertiary/aromatic N) is 3. The summed E-state index contributed by atoms with van der Waals surface area (Å²) in [6, 6.07) is 104. The largest absolute Gasteiger partial charge is 0.456 e. The van der Waals surface area contributed by atoms with Crippen LogP contribution in [0.25, 0.3) is 105 Å². The van der Waals surface area contributed by atoms with Crippen LogP contribution in [0.4, 0.5) is 34.1 Å². The van der Waals surface area contributed by atoms with Crippen molar-refractivity contribution >= 4 is 77.9 Å². The molecule has 0 fully saturated rings. The highest BCUT2D eigenvalue weighted by Crippen LogP contribution is 2.44. The van der Waals surface area contributed by atoms with Gasteiger partial charge in [-0.2, -0.15) is 0 Å². The van der Waals surface area contributed by atoms with Gasteiger partial charge in [-0.25, -0.2) is 0 Å². The zero-order valence-corrected chi connectivity index (χ0v) is 41.4. The van der Waals surface area contributed by atoms with Gasteiger partial charge in [0.1, 0.15) is 11.2 Å². The summed E-state index contributed by atoms with van der Waals surface area (Å²) in [4.78, 5) is 4.69. The van der Waals surface area contributed by atoms with Gasteiger partial charge in [-0.1, -0.05) is 170 Å². The van der Waals surface area contributed by atoms with Crippen LogP contribution < -0.4 is 9.80 Å². The third-order valence-electron chi connectivity index (χ3n) is 15.4. The van der Waals surface area contributed by atoms with E-state index in [1.807, 2.05) is 12.1 Å². The van der Waals surface area contributed by atoms with E-state index in [1.54, 1.807) is 0 Å². The molecule has 0 unspecified atom stereocenters. The maximum absolute atomic E-state index is 6.44. The van der Waals surface area contributed by atoms with Gasteiger partial charge in [0.25, 0.3) is 0 Å². The molecule has 0 saturated carbocycles. The molecular formula is C72H47N3O. The van der Waals surface area contributed by atoms with Crippen molar-refractivity contribution in [3.8, 4) is 61.3 Å². The predicted octanol–water partition coefficient (Wildman–Crippen LogP) is 20.3. The first-order chi connectivity index (χ1) is 37.7. The van der Waals surface area contributed by atoms with Crippen LogP contribution >= 0.6 is 0 Å². The average Bonchev–Trinajstić information content (AvgIpc) is 4.10. The third kappa shape index (κ3) is 7.30. The van der Waals surface area contributed by atoms with Crippen LogP contribution in [-0.2, 0) is 0 Å². The van der Waals surface area contributed by atoms with E-state index in [0.29, 0.717) is 0 Å². The van der Waals surface area contributed by atoms with Gasteiger partial charge in [-0.05, 0) is 165 Å². The molecule has 7 aliphatic heterocycles. The number of para-hydroxylation sites is 3. The summed E-state index contributed by atoms with van der Waals surface area (Å²) in [6.07, 6.45) is 0. The Balaban J connectivity index is 0.841. The van der Waals surface area contributed by atoms with Crippen LogP contribution in [0.5, 0.6) is 0 Å². The summed E-state index contributed by atoms with van der Waals surface area (Å²) in [5, 5.41) is 4.71. The molecule has 7 aliphatic rings. The molecule has 9 heterocycles. The lowest BCUT2D eigenvalue weighted by Gasteiger charge is -2.27. The number of anilines is 6. The van der Waals surface area contributed by atoms with E-state index in [0.717, 1.165) is 84.0 Å². The lowest BCUT2D eigenvalue weighted by molar-refractivity contribution is 0.669. The monoisotopic (exact) mass is 969 g/mol. The molecule has 14 aromatic rings. The Morgan fingerprint density at radius 3 is 1.12 bits per heavy atom. The Morgan fingerprint density at radius 2 is 0.592 bits per heavy atom. The third-order valence-corrected chi connectivity index (χ3v) is 15.4. The summed E-state index contributed by atoms with van der Waals surface area (Å²) in [7, 11) is 0. The van der Waals surface area contributed by atoms with Crippen LogP contribution in [0.3, 0.4) is 0 Å². The molecular weight excluding hydrogens is 923 g/mol. The van der Waals surface area contributed by atoms with Crippen LogP contribution in [0, 0.1) is 0 Å². The van der Waals surface area contributed by atoms with Crippen LogP contribution in [0.2, 0.25) is 0 Å². The Bertz CT molecular complexity index is 4340. The molecule has 0 N–H and O–H groups in total. The average molecular weight is 970 g/mol. The SMILES string of the molecule is c1ccc(-n2c3ccccc3c3cc(-c4ccc(N5c6ccc(cc6)-c6ccccc6-c6ccc(cc6)N(c6ccc7c(c6)oc6ccccc67)c6ccc(cc6)-c6ccccc6-c6ccc5cc6)cc4)ccc32)cc1. The molecule has 2 aromatic heterocycles. The molecule has 4 heteroatoms. The second-order valence-corrected chi connectivity index (χ2v) is 19.7. The summed E-state index contributed by atoms with van der Waals surface area (Å²) in [5.41, 5.74) is 23.3. The molecule has 0 radical (unpaired) electrons. The van der Waals surface area contributed by atoms with Gasteiger partial charge in [0, 0.05) is 67.4 Å². The van der Waals surface area contributed by atoms with Crippen molar-refractivity contribution in [2.75, 3.05) is 9.80 Å². The molecule has 12 aromatic carbocycles. The number of fused-ring (bicyclic) bond motifs is 6. The minimum Gasteiger partial charge on any atom is -0.456 e. The molecule has 0 saturated heterocycles. The lowest BCUT2D eigenvalue weighted by Crippen LogP contribution is -2.10. The van der Waals surface area contributed by atoms with Crippen LogP contribution in [0.1, 0.15) is 0 Å². The molecule has 0 aliphatic carbocycles. The molecule has 76 heavy (non-hydrogen) atoms. The van der Waals surface area contributed by atoms with Crippen molar-refractivity contribution in [3.63, 3.8) is 0 Å². The smallest absolute Gasteiger partial charge is 0.137 e. The van der Waals surface area contributed by atoms with Crippen molar-refractivity contribution in [2.24, 2.45) is 0 Å². The Kier molecular flexibility index (Phi) is 10.2. The van der Waals surface area contributed by atoms with E-state index in [9.17, 15) is 0 Å². The van der Waals surface area contributed by atoms with Gasteiger partial charge in [0.2, 0.25) is 0 Å². The van der Waals surface area contributed by atoms with Gasteiger partial charge < -0.3 is 18.8 Å². The molecule has 21 rings (SSSR count). The van der Waals surface area contributed by atoms with Crippen molar-refractivity contribution in [1.29, 1.82) is 0 Å². The van der Waals surface area contributed by atoms with Gasteiger partial charge >= 0.3 is 0 Å². The topological polar surface area (TPSA) is 24.6 Å². The normalized spacial score (nSPS) is 12.2. The number of aromatic nitrogens is 1. The fourth-order valence-electron chi connectivity index (χ4n) is 11.7. The molecule has 8 bridgehead atoms. The van der Waals surface area contributed by atoms with Crippen molar-refractivity contribution in [3.05, 3.63) is 285 Å². The molecule has 0 spiro atoms. The van der Waals surface area contributed by atoms with E-state index >= 15 is 0 Å². The van der Waals surface area contributed by atoms with Gasteiger partial charge in [0.05, 0.1) is 11.0 Å². The van der Waals surface area contributed by atoms with Crippen molar-refractivity contribution in [1.82, 2.24) is 4.57 Å². The van der Waals surface area contributed by atoms with E-state index < -0.39 is 0 Å². The first-order valence-corrected chi connectivity index (χ1v) is 26.0. The minimum atomic E-state index is 0.861.